The summed E-state index contributed by atoms with van der Waals surface area (Å²) in [5.74, 6) is 2.07. The molecule has 0 spiro atoms. The van der Waals surface area contributed by atoms with Gasteiger partial charge in [-0.05, 0) is 17.5 Å². The fourth-order valence-corrected chi connectivity index (χ4v) is 5.28. The molecule has 2 aromatic carbocycles. The summed E-state index contributed by atoms with van der Waals surface area (Å²) in [4.78, 5) is 4.76. The van der Waals surface area contributed by atoms with Crippen LogP contribution in [0.3, 0.4) is 0 Å². The first-order valence-electron chi connectivity index (χ1n) is 10.0. The quantitative estimate of drug-likeness (QED) is 0.201. The second kappa shape index (κ2) is 9.81. The van der Waals surface area contributed by atoms with Gasteiger partial charge in [0.15, 0.2) is 11.0 Å². The zero-order valence-corrected chi connectivity index (χ0v) is 19.8. The van der Waals surface area contributed by atoms with Gasteiger partial charge >= 0.3 is 0 Å². The Morgan fingerprint density at radius 3 is 2.61 bits per heavy atom. The standard InChI is InChI=1S/C24H23ClN4S2/c1-4-13-29-22(18-11-9-17(10-12-18)16(2)3)27-28-24(29)31-15-19-14-30-23(26-19)20-7-5-6-8-21(20)25/h4-12,14,16H,1,13,15H2,2-3H3. The van der Waals surface area contributed by atoms with Gasteiger partial charge in [-0.15, -0.1) is 28.1 Å². The number of hydrogen-bond donors (Lipinski definition) is 0. The molecule has 0 amide bonds. The summed E-state index contributed by atoms with van der Waals surface area (Å²) in [5, 5.41) is 13.5. The molecule has 158 valence electrons. The highest BCUT2D eigenvalue weighted by Gasteiger charge is 2.15. The van der Waals surface area contributed by atoms with Crippen LogP contribution in [-0.4, -0.2) is 19.7 Å². The molecule has 4 rings (SSSR count). The lowest BCUT2D eigenvalue weighted by Gasteiger charge is -2.09. The predicted molar refractivity (Wildman–Crippen MR) is 132 cm³/mol. The minimum atomic E-state index is 0.500. The van der Waals surface area contributed by atoms with Crippen LogP contribution in [0.2, 0.25) is 5.02 Å². The Balaban J connectivity index is 1.53. The Labute approximate surface area is 196 Å². The fraction of sp³-hybridized carbons (Fsp3) is 0.208. The minimum Gasteiger partial charge on any atom is -0.298 e. The summed E-state index contributed by atoms with van der Waals surface area (Å²) in [6, 6.07) is 16.3. The van der Waals surface area contributed by atoms with Crippen molar-refractivity contribution in [1.29, 1.82) is 0 Å². The van der Waals surface area contributed by atoms with Crippen molar-refractivity contribution in [3.8, 4) is 22.0 Å². The lowest BCUT2D eigenvalue weighted by molar-refractivity contribution is 0.731. The van der Waals surface area contributed by atoms with Crippen molar-refractivity contribution in [3.05, 3.63) is 82.8 Å². The number of thioether (sulfide) groups is 1. The van der Waals surface area contributed by atoms with Gasteiger partial charge in [0, 0.05) is 28.8 Å². The molecule has 31 heavy (non-hydrogen) atoms. The Kier molecular flexibility index (Phi) is 6.90. The molecule has 0 fully saturated rings. The molecule has 7 heteroatoms. The molecule has 0 radical (unpaired) electrons. The molecule has 2 aromatic heterocycles. The second-order valence-corrected chi connectivity index (χ2v) is 9.60. The third-order valence-electron chi connectivity index (χ3n) is 4.87. The van der Waals surface area contributed by atoms with E-state index in [1.54, 1.807) is 23.1 Å². The highest BCUT2D eigenvalue weighted by Crippen LogP contribution is 2.32. The number of nitrogens with zero attached hydrogens (tertiary/aromatic N) is 4. The zero-order valence-electron chi connectivity index (χ0n) is 17.5. The van der Waals surface area contributed by atoms with Crippen LogP contribution >= 0.6 is 34.7 Å². The van der Waals surface area contributed by atoms with Crippen LogP contribution in [0.15, 0.2) is 71.7 Å². The summed E-state index contributed by atoms with van der Waals surface area (Å²) in [5.41, 5.74) is 4.33. The number of benzene rings is 2. The van der Waals surface area contributed by atoms with Gasteiger partial charge in [-0.25, -0.2) is 4.98 Å². The molecule has 0 unspecified atom stereocenters. The first-order valence-corrected chi connectivity index (χ1v) is 12.3. The highest BCUT2D eigenvalue weighted by atomic mass is 35.5. The molecule has 0 aliphatic carbocycles. The van der Waals surface area contributed by atoms with Crippen molar-refractivity contribution < 1.29 is 0 Å². The SMILES string of the molecule is C=CCn1c(SCc2csc(-c3ccccc3Cl)n2)nnc1-c1ccc(C(C)C)cc1. The zero-order chi connectivity index (χ0) is 21.8. The normalized spacial score (nSPS) is 11.2. The maximum absolute atomic E-state index is 6.31. The number of thiazole rings is 1. The van der Waals surface area contributed by atoms with E-state index in [9.17, 15) is 0 Å². The van der Waals surface area contributed by atoms with Crippen molar-refractivity contribution in [1.82, 2.24) is 19.7 Å². The van der Waals surface area contributed by atoms with Crippen molar-refractivity contribution in [2.45, 2.75) is 37.2 Å². The minimum absolute atomic E-state index is 0.500. The van der Waals surface area contributed by atoms with Crippen LogP contribution < -0.4 is 0 Å². The van der Waals surface area contributed by atoms with E-state index in [4.69, 9.17) is 16.6 Å². The summed E-state index contributed by atoms with van der Waals surface area (Å²) in [7, 11) is 0. The molecule has 0 bridgehead atoms. The van der Waals surface area contributed by atoms with Crippen molar-refractivity contribution in [3.63, 3.8) is 0 Å². The van der Waals surface area contributed by atoms with Gasteiger partial charge in [-0.3, -0.25) is 4.57 Å². The van der Waals surface area contributed by atoms with Gasteiger partial charge in [0.2, 0.25) is 0 Å². The van der Waals surface area contributed by atoms with E-state index in [1.165, 1.54) is 5.56 Å². The second-order valence-electron chi connectivity index (χ2n) is 7.39. The number of rotatable bonds is 8. The Bertz CT molecular complexity index is 1180. The van der Waals surface area contributed by atoms with Crippen LogP contribution in [0.25, 0.3) is 22.0 Å². The monoisotopic (exact) mass is 466 g/mol. The van der Waals surface area contributed by atoms with Gasteiger partial charge in [0.05, 0.1) is 10.7 Å². The van der Waals surface area contributed by atoms with Gasteiger partial charge < -0.3 is 0 Å². The predicted octanol–water partition coefficient (Wildman–Crippen LogP) is 7.32. The molecular formula is C24H23ClN4S2. The molecule has 4 aromatic rings. The molecule has 0 aliphatic rings. The van der Waals surface area contributed by atoms with Crippen molar-refractivity contribution >= 4 is 34.7 Å². The van der Waals surface area contributed by atoms with Gasteiger partial charge in [-0.1, -0.05) is 85.8 Å². The average Bonchev–Trinajstić information content (AvgIpc) is 3.40. The van der Waals surface area contributed by atoms with Crippen molar-refractivity contribution in [2.24, 2.45) is 0 Å². The molecular weight excluding hydrogens is 444 g/mol. The Morgan fingerprint density at radius 2 is 1.90 bits per heavy atom. The molecule has 2 heterocycles. The fourth-order valence-electron chi connectivity index (χ4n) is 3.19. The summed E-state index contributed by atoms with van der Waals surface area (Å²) in [6.45, 7) is 8.94. The molecule has 4 nitrogen and oxygen atoms in total. The Morgan fingerprint density at radius 1 is 1.13 bits per heavy atom. The lowest BCUT2D eigenvalue weighted by Crippen LogP contribution is -2.01. The molecule has 0 saturated carbocycles. The van der Waals surface area contributed by atoms with E-state index < -0.39 is 0 Å². The molecule has 0 saturated heterocycles. The lowest BCUT2D eigenvalue weighted by atomic mass is 10.0. The van der Waals surface area contributed by atoms with E-state index in [0.29, 0.717) is 18.2 Å². The number of halogens is 1. The van der Waals surface area contributed by atoms with Crippen LogP contribution in [0.5, 0.6) is 0 Å². The van der Waals surface area contributed by atoms with Gasteiger partial charge in [0.1, 0.15) is 5.01 Å². The topological polar surface area (TPSA) is 43.6 Å². The summed E-state index contributed by atoms with van der Waals surface area (Å²) < 4.78 is 2.10. The van der Waals surface area contributed by atoms with Crippen LogP contribution in [0.1, 0.15) is 31.0 Å². The molecule has 0 N–H and O–H groups in total. The highest BCUT2D eigenvalue weighted by molar-refractivity contribution is 7.98. The van der Waals surface area contributed by atoms with Gasteiger partial charge in [-0.2, -0.15) is 0 Å². The summed E-state index contributed by atoms with van der Waals surface area (Å²) >= 11 is 9.55. The van der Waals surface area contributed by atoms with Crippen LogP contribution in [0.4, 0.5) is 0 Å². The smallest absolute Gasteiger partial charge is 0.192 e. The molecule has 0 aliphatic heterocycles. The van der Waals surface area contributed by atoms with E-state index >= 15 is 0 Å². The maximum Gasteiger partial charge on any atom is 0.192 e. The largest absolute Gasteiger partial charge is 0.298 e. The van der Waals surface area contributed by atoms with Gasteiger partial charge in [0.25, 0.3) is 0 Å². The first kappa shape index (κ1) is 21.8. The van der Waals surface area contributed by atoms with E-state index in [0.717, 1.165) is 37.8 Å². The molecule has 0 atom stereocenters. The average molecular weight is 467 g/mol. The van der Waals surface area contributed by atoms with Crippen molar-refractivity contribution in [2.75, 3.05) is 0 Å². The van der Waals surface area contributed by atoms with E-state index in [-0.39, 0.29) is 0 Å². The van der Waals surface area contributed by atoms with E-state index in [1.807, 2.05) is 30.3 Å². The third kappa shape index (κ3) is 4.92. The number of aromatic nitrogens is 4. The number of allylic oxidation sites excluding steroid dienone is 1. The number of hydrogen-bond acceptors (Lipinski definition) is 5. The first-order chi connectivity index (χ1) is 15.1. The van der Waals surface area contributed by atoms with Crippen LogP contribution in [0, 0.1) is 0 Å². The third-order valence-corrected chi connectivity index (χ3v) is 7.12. The Hall–Kier alpha value is -2.41. The maximum atomic E-state index is 6.31. The van der Waals surface area contributed by atoms with Crippen LogP contribution in [-0.2, 0) is 12.3 Å². The summed E-state index contributed by atoms with van der Waals surface area (Å²) in [6.07, 6.45) is 1.87. The van der Waals surface area contributed by atoms with E-state index in [2.05, 4.69) is 64.8 Å².